The molecule has 0 fully saturated rings. The molecule has 2 aromatic rings. The van der Waals surface area contributed by atoms with Crippen LogP contribution in [0.2, 0.25) is 0 Å². The fraction of sp³-hybridized carbons (Fsp3) is 0.389. The number of benzene rings is 1. The van der Waals surface area contributed by atoms with Gasteiger partial charge in [-0.15, -0.1) is 0 Å². The summed E-state index contributed by atoms with van der Waals surface area (Å²) in [6, 6.07) is 5.48. The minimum absolute atomic E-state index is 0.212. The summed E-state index contributed by atoms with van der Waals surface area (Å²) in [5.74, 6) is 0.685. The number of carbonyl (C=O) groups is 1. The Balaban J connectivity index is 2.31. The fourth-order valence-electron chi connectivity index (χ4n) is 2.02. The summed E-state index contributed by atoms with van der Waals surface area (Å²) in [7, 11) is 0. The van der Waals surface area contributed by atoms with E-state index in [4.69, 9.17) is 16.0 Å². The van der Waals surface area contributed by atoms with E-state index in [9.17, 15) is 4.79 Å². The number of esters is 1. The normalized spacial score (nSPS) is 10.5. The van der Waals surface area contributed by atoms with E-state index in [1.807, 2.05) is 13.0 Å². The van der Waals surface area contributed by atoms with Gasteiger partial charge in [0.1, 0.15) is 0 Å². The van der Waals surface area contributed by atoms with Gasteiger partial charge in [0.2, 0.25) is 0 Å². The maximum absolute atomic E-state index is 12.0. The Morgan fingerprint density at radius 1 is 1.42 bits per heavy atom. The Kier molecular flexibility index (Phi) is 6.19. The first-order chi connectivity index (χ1) is 11.5. The molecule has 0 atom stereocenters. The van der Waals surface area contributed by atoms with E-state index in [-0.39, 0.29) is 20.5 Å². The van der Waals surface area contributed by atoms with Crippen molar-refractivity contribution in [2.24, 2.45) is 5.92 Å². The van der Waals surface area contributed by atoms with Crippen molar-refractivity contribution in [2.45, 2.75) is 27.7 Å². The zero-order chi connectivity index (χ0) is 17.7. The predicted molar refractivity (Wildman–Crippen MR) is 93.9 cm³/mol. The first kappa shape index (κ1) is 18.3. The van der Waals surface area contributed by atoms with Crippen molar-refractivity contribution in [1.29, 1.82) is 0 Å². The zero-order valence-electron chi connectivity index (χ0n) is 14.3. The van der Waals surface area contributed by atoms with E-state index < -0.39 is 0 Å². The van der Waals surface area contributed by atoms with Crippen LogP contribution in [0, 0.1) is 19.4 Å². The third-order valence-corrected chi connectivity index (χ3v) is 5.65. The van der Waals surface area contributed by atoms with Crippen molar-refractivity contribution in [3.05, 3.63) is 39.7 Å². The van der Waals surface area contributed by atoms with Crippen LogP contribution in [0.1, 0.15) is 35.7 Å². The number of rotatable bonds is 6. The number of carbonyl (C=O) groups excluding carboxylic acids is 1. The molecule has 0 radical (unpaired) electrons. The Bertz CT molecular complexity index is 775. The first-order valence-corrected chi connectivity index (χ1v) is 9.46. The molecule has 0 amide bonds. The topological polar surface area (TPSA) is 52.8 Å². The molecule has 0 bridgehead atoms. The molecule has 24 heavy (non-hydrogen) atoms. The Morgan fingerprint density at radius 2 is 2.17 bits per heavy atom. The monoisotopic (exact) mass is 392 g/mol. The van der Waals surface area contributed by atoms with Gasteiger partial charge in [-0.25, -0.2) is 0 Å². The van der Waals surface area contributed by atoms with Crippen LogP contribution >= 0.6 is 0 Å². The van der Waals surface area contributed by atoms with Crippen molar-refractivity contribution in [3.63, 3.8) is 0 Å². The molecule has 0 spiro atoms. The van der Waals surface area contributed by atoms with Crippen LogP contribution in [-0.2, 0) is 4.74 Å². The molecule has 126 valence electrons. The van der Waals surface area contributed by atoms with Crippen LogP contribution in [0.25, 0.3) is 15.0 Å². The van der Waals surface area contributed by atoms with Crippen molar-refractivity contribution in [2.75, 3.05) is 13.2 Å². The van der Waals surface area contributed by atoms with Gasteiger partial charge in [0, 0.05) is 0 Å². The number of aromatic nitrogens is 1. The number of hydrogen-bond acceptors (Lipinski definition) is 4. The molecule has 1 aromatic heterocycles. The van der Waals surface area contributed by atoms with Crippen LogP contribution in [0.5, 0.6) is 5.75 Å². The molecule has 0 unspecified atom stereocenters. The second kappa shape index (κ2) is 8.14. The third-order valence-electron chi connectivity index (χ3n) is 3.16. The van der Waals surface area contributed by atoms with Gasteiger partial charge in [0.15, 0.2) is 0 Å². The quantitative estimate of drug-likeness (QED) is 0.426. The molecule has 2 rings (SSSR count). The summed E-state index contributed by atoms with van der Waals surface area (Å²) >= 11 is -0.212. The van der Waals surface area contributed by atoms with Gasteiger partial charge < -0.3 is 0 Å². The second-order valence-electron chi connectivity index (χ2n) is 5.65. The molecule has 5 nitrogen and oxygen atoms in total. The van der Waals surface area contributed by atoms with E-state index in [2.05, 4.69) is 23.7 Å². The van der Waals surface area contributed by atoms with Crippen molar-refractivity contribution < 1.29 is 14.3 Å². The summed E-state index contributed by atoms with van der Waals surface area (Å²) in [5.41, 5.74) is 2.03. The number of hydrogen-bond donors (Lipinski definition) is 0. The van der Waals surface area contributed by atoms with Crippen LogP contribution in [-0.4, -0.2) is 38.7 Å². The summed E-state index contributed by atoms with van der Waals surface area (Å²) in [6.45, 7) is 16.0. The zero-order valence-corrected chi connectivity index (χ0v) is 16.0. The number of ether oxygens (including phenoxy) is 2. The van der Waals surface area contributed by atoms with Crippen molar-refractivity contribution in [3.8, 4) is 15.9 Å². The molecular weight excluding hydrogens is 371 g/mol. The van der Waals surface area contributed by atoms with E-state index >= 15 is 0 Å². The van der Waals surface area contributed by atoms with Gasteiger partial charge in [-0.05, 0) is 0 Å². The van der Waals surface area contributed by atoms with Crippen molar-refractivity contribution in [1.82, 2.24) is 4.98 Å². The Hall–Kier alpha value is -2.09. The maximum atomic E-state index is 12.0. The number of nitrogens with zero attached hydrogens (tertiary/aromatic N) is 2. The summed E-state index contributed by atoms with van der Waals surface area (Å²) in [5, 5.41) is 0. The van der Waals surface area contributed by atoms with Crippen LogP contribution in [0.4, 0.5) is 5.69 Å². The average Bonchev–Trinajstić information content (AvgIpc) is 2.94. The molecule has 0 aliphatic rings. The fourth-order valence-corrected chi connectivity index (χ4v) is 4.03. The van der Waals surface area contributed by atoms with E-state index in [0.29, 0.717) is 40.7 Å². The van der Waals surface area contributed by atoms with Gasteiger partial charge in [0.25, 0.3) is 0 Å². The molecule has 1 aromatic carbocycles. The number of aryl methyl sites for hydroxylation is 1. The van der Waals surface area contributed by atoms with Gasteiger partial charge in [-0.1, -0.05) is 0 Å². The van der Waals surface area contributed by atoms with Gasteiger partial charge in [0.05, 0.1) is 0 Å². The van der Waals surface area contributed by atoms with Crippen LogP contribution in [0.15, 0.2) is 18.2 Å². The molecule has 0 aliphatic carbocycles. The molecule has 0 aliphatic heterocycles. The first-order valence-electron chi connectivity index (χ1n) is 7.75. The SMILES string of the molecule is [C-]#[N+]c1cc(-c2nc(C)c(C(=O)OCC)[se]2)ccc1OCC(C)C. The average molecular weight is 391 g/mol. The van der Waals surface area contributed by atoms with Gasteiger partial charge >= 0.3 is 148 Å². The molecule has 1 heterocycles. The molecule has 0 saturated heterocycles. The third kappa shape index (κ3) is 4.25. The standard InChI is InChI=1S/C18H20N2O3Se/c1-6-22-18(21)16-12(4)20-17(24-16)13-7-8-15(14(9-13)19-5)23-10-11(2)3/h7-9,11H,6,10H2,1-4H3. The van der Waals surface area contributed by atoms with E-state index in [1.54, 1.807) is 19.1 Å². The second-order valence-corrected chi connectivity index (χ2v) is 7.75. The Labute approximate surface area is 148 Å². The predicted octanol–water partition coefficient (Wildman–Crippen LogP) is 3.88. The summed E-state index contributed by atoms with van der Waals surface area (Å²) in [4.78, 5) is 20.0. The molecule has 6 heteroatoms. The molecular formula is C18H20N2O3Se. The van der Waals surface area contributed by atoms with E-state index in [0.717, 1.165) is 10.1 Å². The van der Waals surface area contributed by atoms with Gasteiger partial charge in [-0.2, -0.15) is 0 Å². The van der Waals surface area contributed by atoms with Crippen LogP contribution in [0.3, 0.4) is 0 Å². The van der Waals surface area contributed by atoms with E-state index in [1.165, 1.54) is 0 Å². The van der Waals surface area contributed by atoms with Crippen molar-refractivity contribution >= 4 is 26.2 Å². The Morgan fingerprint density at radius 3 is 2.79 bits per heavy atom. The minimum atomic E-state index is -0.295. The summed E-state index contributed by atoms with van der Waals surface area (Å²) < 4.78 is 12.2. The van der Waals surface area contributed by atoms with Gasteiger partial charge in [-0.3, -0.25) is 0 Å². The molecule has 0 saturated carbocycles. The summed E-state index contributed by atoms with van der Waals surface area (Å²) in [6.07, 6.45) is 0. The molecule has 0 N–H and O–H groups in total. The van der Waals surface area contributed by atoms with Crippen LogP contribution < -0.4 is 4.74 Å².